The van der Waals surface area contributed by atoms with E-state index in [1.54, 1.807) is 39.3 Å². The molecule has 208 valence electrons. The second-order valence-corrected chi connectivity index (χ2v) is 9.51. The number of rotatable bonds is 10. The lowest BCUT2D eigenvalue weighted by molar-refractivity contribution is -0.148. The van der Waals surface area contributed by atoms with Crippen LogP contribution in [0.15, 0.2) is 52.7 Å². The molecule has 1 heterocycles. The van der Waals surface area contributed by atoms with E-state index in [0.29, 0.717) is 52.8 Å². The molecule has 0 spiro atoms. The number of carbonyl (C=O) groups excluding carboxylic acids is 2. The van der Waals surface area contributed by atoms with Crippen LogP contribution in [0.3, 0.4) is 0 Å². The van der Waals surface area contributed by atoms with Crippen LogP contribution in [0, 0.1) is 5.92 Å². The fourth-order valence-corrected chi connectivity index (χ4v) is 5.40. The molecule has 1 aliphatic heterocycles. The van der Waals surface area contributed by atoms with E-state index in [1.807, 2.05) is 25.1 Å². The van der Waals surface area contributed by atoms with Gasteiger partial charge in [0.05, 0.1) is 27.9 Å². The minimum absolute atomic E-state index is 0.0766. The number of carbonyl (C=O) groups is 2. The summed E-state index contributed by atoms with van der Waals surface area (Å²) in [7, 11) is 4.61. The number of phenols is 1. The molecule has 2 aromatic rings. The predicted molar refractivity (Wildman–Crippen MR) is 145 cm³/mol. The molecule has 1 aliphatic carbocycles. The first kappa shape index (κ1) is 28.2. The van der Waals surface area contributed by atoms with E-state index < -0.39 is 17.8 Å². The number of nitrogens with zero attached hydrogens (tertiary/aromatic N) is 1. The number of phenolic OH excluding ortho intramolecular Hbond substituents is 1. The number of ketones is 1. The summed E-state index contributed by atoms with van der Waals surface area (Å²) in [4.78, 5) is 32.0. The molecule has 39 heavy (non-hydrogen) atoms. The van der Waals surface area contributed by atoms with Crippen molar-refractivity contribution in [1.82, 2.24) is 0 Å². The number of allylic oxidation sites excluding steroid dienone is 2. The van der Waals surface area contributed by atoms with Crippen LogP contribution >= 0.6 is 0 Å². The number of hydrogen-bond acceptors (Lipinski definition) is 9. The van der Waals surface area contributed by atoms with Crippen molar-refractivity contribution in [3.63, 3.8) is 0 Å². The fourth-order valence-electron chi connectivity index (χ4n) is 5.40. The maximum atomic E-state index is 13.8. The lowest BCUT2D eigenvalue weighted by Gasteiger charge is -2.36. The van der Waals surface area contributed by atoms with Crippen LogP contribution in [-0.4, -0.2) is 63.7 Å². The molecule has 4 rings (SSSR count). The van der Waals surface area contributed by atoms with Gasteiger partial charge >= 0.3 is 5.97 Å². The molecule has 0 amide bonds. The van der Waals surface area contributed by atoms with Gasteiger partial charge in [-0.1, -0.05) is 12.1 Å². The molecular weight excluding hydrogens is 502 g/mol. The van der Waals surface area contributed by atoms with Gasteiger partial charge in [0.25, 0.3) is 0 Å². The van der Waals surface area contributed by atoms with Crippen molar-refractivity contribution in [2.75, 3.05) is 41.2 Å². The van der Waals surface area contributed by atoms with E-state index in [-0.39, 0.29) is 37.1 Å². The number of benzene rings is 2. The first-order valence-electron chi connectivity index (χ1n) is 13.0. The Morgan fingerprint density at radius 2 is 1.64 bits per heavy atom. The molecule has 1 unspecified atom stereocenters. The van der Waals surface area contributed by atoms with Crippen LogP contribution in [0.25, 0.3) is 0 Å². The molecule has 0 radical (unpaired) electrons. The van der Waals surface area contributed by atoms with Gasteiger partial charge in [-0.15, -0.1) is 0 Å². The molecule has 2 aliphatic rings. The van der Waals surface area contributed by atoms with Crippen molar-refractivity contribution < 1.29 is 38.4 Å². The number of hydrogen-bond donors (Lipinski definition) is 1. The first-order chi connectivity index (χ1) is 18.8. The lowest BCUT2D eigenvalue weighted by atomic mass is 9.69. The molecule has 0 bridgehead atoms. The maximum absolute atomic E-state index is 13.8. The highest BCUT2D eigenvalue weighted by atomic mass is 16.6. The smallest absolute Gasteiger partial charge is 0.315 e. The average molecular weight is 538 g/mol. The van der Waals surface area contributed by atoms with E-state index >= 15 is 0 Å². The molecular formula is C30H35NO8. The highest BCUT2D eigenvalue weighted by molar-refractivity contribution is 6.09. The summed E-state index contributed by atoms with van der Waals surface area (Å²) in [6, 6.07) is 10.6. The zero-order chi connectivity index (χ0) is 28.1. The summed E-state index contributed by atoms with van der Waals surface area (Å²) in [5, 5.41) is 10.5. The molecule has 9 nitrogen and oxygen atoms in total. The Morgan fingerprint density at radius 1 is 0.949 bits per heavy atom. The third-order valence-electron chi connectivity index (χ3n) is 7.26. The Hall–Kier alpha value is -3.85. The Balaban J connectivity index is 1.74. The van der Waals surface area contributed by atoms with Crippen LogP contribution in [0.1, 0.15) is 49.7 Å². The van der Waals surface area contributed by atoms with Crippen molar-refractivity contribution in [2.45, 2.75) is 38.5 Å². The Kier molecular flexibility index (Phi) is 8.91. The predicted octanol–water partition coefficient (Wildman–Crippen LogP) is 4.57. The van der Waals surface area contributed by atoms with E-state index in [2.05, 4.69) is 0 Å². The summed E-state index contributed by atoms with van der Waals surface area (Å²) < 4.78 is 26.9. The number of aliphatic imine (C=N–C) groups is 1. The molecule has 3 atom stereocenters. The standard InChI is InChI=1S/C30H35NO8/c1-6-38-11-12-39-30(34)27-17(2)31-21-13-20(18-7-10-25(36-4)26(16-18)37-5)15-23(33)29(21)28(27)19-8-9-24(35-3)22(32)14-19/h7-10,14,16,20,27-28,32H,6,11-13,15H2,1-5H3/t20-,27?,28-/m1/s1. The quantitative estimate of drug-likeness (QED) is 0.346. The number of esters is 1. The zero-order valence-electron chi connectivity index (χ0n) is 23.0. The van der Waals surface area contributed by atoms with E-state index in [4.69, 9.17) is 28.7 Å². The molecule has 9 heteroatoms. The highest BCUT2D eigenvalue weighted by Gasteiger charge is 2.45. The van der Waals surface area contributed by atoms with Gasteiger partial charge in [0.2, 0.25) is 0 Å². The topological polar surface area (TPSA) is 113 Å². The summed E-state index contributed by atoms with van der Waals surface area (Å²) in [5.74, 6) is -0.760. The SMILES string of the molecule is CCOCCOC(=O)C1C(C)=NC2=C(C(=O)C[C@H](c3ccc(OC)c(OC)c3)C2)[C@@H]1c1ccc(OC)c(O)c1. The van der Waals surface area contributed by atoms with Crippen molar-refractivity contribution in [3.05, 3.63) is 58.8 Å². The third kappa shape index (κ3) is 5.78. The zero-order valence-corrected chi connectivity index (χ0v) is 23.0. The van der Waals surface area contributed by atoms with E-state index in [9.17, 15) is 14.7 Å². The van der Waals surface area contributed by atoms with Gasteiger partial charge in [-0.3, -0.25) is 14.6 Å². The number of aromatic hydroxyl groups is 1. The Labute approximate surface area is 228 Å². The van der Waals surface area contributed by atoms with Crippen LogP contribution in [0.5, 0.6) is 23.0 Å². The van der Waals surface area contributed by atoms with Crippen molar-refractivity contribution in [2.24, 2.45) is 10.9 Å². The maximum Gasteiger partial charge on any atom is 0.315 e. The van der Waals surface area contributed by atoms with Crippen LogP contribution in [-0.2, 0) is 19.1 Å². The summed E-state index contributed by atoms with van der Waals surface area (Å²) in [6.07, 6.45) is 0.756. The van der Waals surface area contributed by atoms with Crippen LogP contribution < -0.4 is 14.2 Å². The van der Waals surface area contributed by atoms with E-state index in [0.717, 1.165) is 5.56 Å². The number of Topliss-reactive ketones (excluding diaryl/α,β-unsaturated/α-hetero) is 1. The van der Waals surface area contributed by atoms with Gasteiger partial charge in [0, 0.05) is 35.9 Å². The molecule has 0 fully saturated rings. The minimum atomic E-state index is -0.820. The van der Waals surface area contributed by atoms with Gasteiger partial charge in [-0.05, 0) is 61.6 Å². The normalized spacial score (nSPS) is 20.7. The molecule has 0 saturated carbocycles. The second kappa shape index (κ2) is 12.3. The van der Waals surface area contributed by atoms with Gasteiger partial charge in [0.1, 0.15) is 12.5 Å². The van der Waals surface area contributed by atoms with Gasteiger partial charge in [0.15, 0.2) is 28.8 Å². The van der Waals surface area contributed by atoms with Gasteiger partial charge in [-0.25, -0.2) is 0 Å². The van der Waals surface area contributed by atoms with Crippen LogP contribution in [0.2, 0.25) is 0 Å². The summed E-state index contributed by atoms with van der Waals surface area (Å²) in [5.41, 5.74) is 3.23. The molecule has 0 saturated heterocycles. The highest BCUT2D eigenvalue weighted by Crippen LogP contribution is 2.48. The molecule has 2 aromatic carbocycles. The lowest BCUT2D eigenvalue weighted by Crippen LogP contribution is -2.38. The fraction of sp³-hybridized carbons (Fsp3) is 0.433. The third-order valence-corrected chi connectivity index (χ3v) is 7.26. The van der Waals surface area contributed by atoms with Crippen molar-refractivity contribution in [1.29, 1.82) is 0 Å². The number of methoxy groups -OCH3 is 3. The largest absolute Gasteiger partial charge is 0.504 e. The van der Waals surface area contributed by atoms with Gasteiger partial charge in [-0.2, -0.15) is 0 Å². The summed E-state index contributed by atoms with van der Waals surface area (Å²) >= 11 is 0. The van der Waals surface area contributed by atoms with Crippen molar-refractivity contribution >= 4 is 17.5 Å². The van der Waals surface area contributed by atoms with E-state index in [1.165, 1.54) is 7.11 Å². The monoisotopic (exact) mass is 537 g/mol. The Bertz CT molecular complexity index is 1300. The second-order valence-electron chi connectivity index (χ2n) is 9.51. The minimum Gasteiger partial charge on any atom is -0.504 e. The molecule has 1 N–H and O–H groups in total. The Morgan fingerprint density at radius 3 is 2.31 bits per heavy atom. The van der Waals surface area contributed by atoms with Crippen LogP contribution in [0.4, 0.5) is 0 Å². The van der Waals surface area contributed by atoms with Gasteiger partial charge < -0.3 is 28.8 Å². The van der Waals surface area contributed by atoms with Crippen molar-refractivity contribution in [3.8, 4) is 23.0 Å². The number of ether oxygens (including phenoxy) is 5. The first-order valence-corrected chi connectivity index (χ1v) is 13.0. The average Bonchev–Trinajstić information content (AvgIpc) is 2.93. The summed E-state index contributed by atoms with van der Waals surface area (Å²) in [6.45, 7) is 4.53. The molecule has 0 aromatic heterocycles.